The van der Waals surface area contributed by atoms with Crippen LogP contribution in [0.2, 0.25) is 0 Å². The Bertz CT molecular complexity index is 641. The van der Waals surface area contributed by atoms with Crippen LogP contribution < -0.4 is 5.32 Å². The van der Waals surface area contributed by atoms with Crippen molar-refractivity contribution in [2.75, 3.05) is 13.2 Å². The second-order valence-electron chi connectivity index (χ2n) is 8.77. The number of benzene rings is 2. The number of nitrogens with one attached hydrogen (secondary N) is 1. The predicted octanol–water partition coefficient (Wildman–Crippen LogP) is 5.20. The van der Waals surface area contributed by atoms with Gasteiger partial charge in [-0.15, -0.1) is 0 Å². The zero-order valence-corrected chi connectivity index (χ0v) is 17.6. The van der Waals surface area contributed by atoms with Crippen molar-refractivity contribution in [2.45, 2.75) is 58.9 Å². The first-order valence-corrected chi connectivity index (χ1v) is 10.6. The molecule has 0 unspecified atom stereocenters. The van der Waals surface area contributed by atoms with Gasteiger partial charge in [0.2, 0.25) is 0 Å². The molecule has 1 fully saturated rings. The van der Waals surface area contributed by atoms with Crippen molar-refractivity contribution in [3.63, 3.8) is 0 Å². The van der Waals surface area contributed by atoms with E-state index in [-0.39, 0.29) is 5.41 Å². The lowest BCUT2D eigenvalue weighted by atomic mass is 9.87. The molecule has 1 aliphatic carbocycles. The van der Waals surface area contributed by atoms with Gasteiger partial charge in [0.05, 0.1) is 26.4 Å². The molecule has 0 aromatic heterocycles. The van der Waals surface area contributed by atoms with E-state index in [1.807, 2.05) is 12.1 Å². The molecule has 1 saturated carbocycles. The molecule has 0 spiro atoms. The van der Waals surface area contributed by atoms with Crippen LogP contribution >= 0.6 is 0 Å². The Labute approximate surface area is 170 Å². The van der Waals surface area contributed by atoms with Crippen LogP contribution in [0, 0.1) is 11.3 Å². The maximum Gasteiger partial charge on any atom is 0.0717 e. The van der Waals surface area contributed by atoms with Gasteiger partial charge in [0, 0.05) is 17.5 Å². The molecule has 0 saturated heterocycles. The Kier molecular flexibility index (Phi) is 7.66. The van der Waals surface area contributed by atoms with E-state index in [1.54, 1.807) is 0 Å². The van der Waals surface area contributed by atoms with Gasteiger partial charge in [-0.25, -0.2) is 0 Å². The fraction of sp³-hybridized carbons (Fsp3) is 0.520. The van der Waals surface area contributed by atoms with Crippen LogP contribution in [-0.4, -0.2) is 25.3 Å². The standard InChI is InChI=1S/C25H35NO2/c1-20(2)26-24-15-25(14-21(24)3,18-27-16-22-10-6-4-7-11-22)19-28-17-23-12-8-5-9-13-23/h4-13,20-21,24,26H,14-19H2,1-3H3/t21-,24+/m0/s1. The first-order valence-electron chi connectivity index (χ1n) is 10.6. The summed E-state index contributed by atoms with van der Waals surface area (Å²) < 4.78 is 12.4. The first kappa shape index (κ1) is 21.0. The predicted molar refractivity (Wildman–Crippen MR) is 115 cm³/mol. The molecule has 3 heteroatoms. The summed E-state index contributed by atoms with van der Waals surface area (Å²) in [5, 5.41) is 3.75. The van der Waals surface area contributed by atoms with Gasteiger partial charge in [0.25, 0.3) is 0 Å². The molecule has 1 aliphatic rings. The van der Waals surface area contributed by atoms with Crippen LogP contribution in [0.1, 0.15) is 44.7 Å². The molecule has 1 N–H and O–H groups in total. The number of hydrogen-bond donors (Lipinski definition) is 1. The first-order chi connectivity index (χ1) is 13.6. The summed E-state index contributed by atoms with van der Waals surface area (Å²) >= 11 is 0. The van der Waals surface area contributed by atoms with Crippen molar-refractivity contribution in [1.82, 2.24) is 5.32 Å². The summed E-state index contributed by atoms with van der Waals surface area (Å²) in [4.78, 5) is 0. The number of ether oxygens (including phenoxy) is 2. The molecule has 0 bridgehead atoms. The van der Waals surface area contributed by atoms with E-state index < -0.39 is 0 Å². The molecule has 3 rings (SSSR count). The smallest absolute Gasteiger partial charge is 0.0717 e. The zero-order valence-electron chi connectivity index (χ0n) is 17.6. The Balaban J connectivity index is 1.60. The summed E-state index contributed by atoms with van der Waals surface area (Å²) in [6.07, 6.45) is 2.25. The topological polar surface area (TPSA) is 30.5 Å². The average molecular weight is 382 g/mol. The third-order valence-corrected chi connectivity index (χ3v) is 5.68. The van der Waals surface area contributed by atoms with Crippen LogP contribution in [-0.2, 0) is 22.7 Å². The van der Waals surface area contributed by atoms with Gasteiger partial charge in [-0.3, -0.25) is 0 Å². The fourth-order valence-corrected chi connectivity index (χ4v) is 4.42. The molecule has 28 heavy (non-hydrogen) atoms. The van der Waals surface area contributed by atoms with Crippen LogP contribution in [0.25, 0.3) is 0 Å². The molecular weight excluding hydrogens is 346 g/mol. The highest BCUT2D eigenvalue weighted by molar-refractivity contribution is 5.14. The Morgan fingerprint density at radius 3 is 1.82 bits per heavy atom. The number of rotatable bonds is 10. The molecule has 0 radical (unpaired) electrons. The number of hydrogen-bond acceptors (Lipinski definition) is 3. The van der Waals surface area contributed by atoms with E-state index in [0.29, 0.717) is 31.2 Å². The summed E-state index contributed by atoms with van der Waals surface area (Å²) in [5.74, 6) is 0.628. The summed E-state index contributed by atoms with van der Waals surface area (Å²) in [6.45, 7) is 9.63. The lowest BCUT2D eigenvalue weighted by Gasteiger charge is -2.29. The highest BCUT2D eigenvalue weighted by Gasteiger charge is 2.44. The van der Waals surface area contributed by atoms with Crippen molar-refractivity contribution in [3.05, 3.63) is 71.8 Å². The van der Waals surface area contributed by atoms with E-state index in [2.05, 4.69) is 74.6 Å². The third-order valence-electron chi connectivity index (χ3n) is 5.68. The molecule has 2 aromatic rings. The quantitative estimate of drug-likeness (QED) is 0.613. The zero-order chi connectivity index (χ0) is 19.8. The van der Waals surface area contributed by atoms with Crippen LogP contribution in [0.3, 0.4) is 0 Å². The fourth-order valence-electron chi connectivity index (χ4n) is 4.42. The van der Waals surface area contributed by atoms with Gasteiger partial charge in [0.1, 0.15) is 0 Å². The lowest BCUT2D eigenvalue weighted by molar-refractivity contribution is -0.0321. The van der Waals surface area contributed by atoms with E-state index in [0.717, 1.165) is 26.1 Å². The summed E-state index contributed by atoms with van der Waals surface area (Å²) in [5.41, 5.74) is 2.53. The van der Waals surface area contributed by atoms with Crippen LogP contribution in [0.15, 0.2) is 60.7 Å². The molecule has 0 amide bonds. The van der Waals surface area contributed by atoms with Crippen molar-refractivity contribution in [1.29, 1.82) is 0 Å². The van der Waals surface area contributed by atoms with E-state index >= 15 is 0 Å². The molecule has 0 heterocycles. The van der Waals surface area contributed by atoms with Crippen molar-refractivity contribution >= 4 is 0 Å². The minimum atomic E-state index is 0.0789. The maximum absolute atomic E-state index is 6.20. The van der Waals surface area contributed by atoms with Gasteiger partial charge in [-0.1, -0.05) is 81.4 Å². The summed E-state index contributed by atoms with van der Waals surface area (Å²) in [6, 6.07) is 21.9. The monoisotopic (exact) mass is 381 g/mol. The Hall–Kier alpha value is -1.68. The molecular formula is C25H35NO2. The largest absolute Gasteiger partial charge is 0.376 e. The van der Waals surface area contributed by atoms with Gasteiger partial charge >= 0.3 is 0 Å². The van der Waals surface area contributed by atoms with Crippen molar-refractivity contribution < 1.29 is 9.47 Å². The highest BCUT2D eigenvalue weighted by Crippen LogP contribution is 2.43. The molecule has 152 valence electrons. The van der Waals surface area contributed by atoms with Gasteiger partial charge in [-0.05, 0) is 29.9 Å². The second-order valence-corrected chi connectivity index (χ2v) is 8.77. The van der Waals surface area contributed by atoms with Gasteiger partial charge in [-0.2, -0.15) is 0 Å². The normalized spacial score (nSPS) is 21.3. The Morgan fingerprint density at radius 2 is 1.36 bits per heavy atom. The SMILES string of the molecule is CC(C)N[C@@H]1CC(COCc2ccccc2)(COCc2ccccc2)C[C@@H]1C. The summed E-state index contributed by atoms with van der Waals surface area (Å²) in [7, 11) is 0. The second kappa shape index (κ2) is 10.2. The lowest BCUT2D eigenvalue weighted by Crippen LogP contribution is -2.38. The molecule has 2 aromatic carbocycles. The van der Waals surface area contributed by atoms with Gasteiger partial charge < -0.3 is 14.8 Å². The van der Waals surface area contributed by atoms with E-state index in [1.165, 1.54) is 11.1 Å². The van der Waals surface area contributed by atoms with Crippen LogP contribution in [0.5, 0.6) is 0 Å². The van der Waals surface area contributed by atoms with Gasteiger partial charge in [0.15, 0.2) is 0 Å². The minimum Gasteiger partial charge on any atom is -0.376 e. The molecule has 3 nitrogen and oxygen atoms in total. The maximum atomic E-state index is 6.20. The Morgan fingerprint density at radius 1 is 0.857 bits per heavy atom. The highest BCUT2D eigenvalue weighted by atomic mass is 16.5. The van der Waals surface area contributed by atoms with E-state index in [4.69, 9.17) is 9.47 Å². The van der Waals surface area contributed by atoms with E-state index in [9.17, 15) is 0 Å². The third kappa shape index (κ3) is 6.16. The van der Waals surface area contributed by atoms with Crippen molar-refractivity contribution in [3.8, 4) is 0 Å². The van der Waals surface area contributed by atoms with Crippen LogP contribution in [0.4, 0.5) is 0 Å². The molecule has 0 aliphatic heterocycles. The minimum absolute atomic E-state index is 0.0789. The van der Waals surface area contributed by atoms with Crippen molar-refractivity contribution in [2.24, 2.45) is 11.3 Å². The average Bonchev–Trinajstić information content (AvgIpc) is 2.98. The molecule has 2 atom stereocenters.